The molecule has 1 aliphatic heterocycles. The highest BCUT2D eigenvalue weighted by atomic mass is 79.9. The van der Waals surface area contributed by atoms with Gasteiger partial charge < -0.3 is 10.6 Å². The standard InChI is InChI=1S/C15H16BrN3/c1-10-4-5-18-15(14(10)16)19-7-11-2-3-12-8-17-9-13(12)6-11/h2-6,17H,7-9H2,1H3,(H,18,19). The number of anilines is 1. The van der Waals surface area contributed by atoms with Gasteiger partial charge in [-0.2, -0.15) is 0 Å². The van der Waals surface area contributed by atoms with E-state index >= 15 is 0 Å². The molecule has 0 spiro atoms. The third-order valence-electron chi connectivity index (χ3n) is 3.44. The molecule has 0 radical (unpaired) electrons. The van der Waals surface area contributed by atoms with Crippen LogP contribution in [0.5, 0.6) is 0 Å². The third kappa shape index (κ3) is 2.65. The van der Waals surface area contributed by atoms with E-state index in [-0.39, 0.29) is 0 Å². The van der Waals surface area contributed by atoms with Crippen LogP contribution in [0.2, 0.25) is 0 Å². The normalized spacial score (nSPS) is 13.4. The summed E-state index contributed by atoms with van der Waals surface area (Å²) >= 11 is 3.57. The summed E-state index contributed by atoms with van der Waals surface area (Å²) in [6, 6.07) is 8.66. The van der Waals surface area contributed by atoms with E-state index in [0.717, 1.165) is 29.9 Å². The average Bonchev–Trinajstić information content (AvgIpc) is 2.88. The molecule has 0 bridgehead atoms. The Kier molecular flexibility index (Phi) is 3.53. The van der Waals surface area contributed by atoms with Gasteiger partial charge in [0.05, 0.1) is 4.47 Å². The number of hydrogen-bond donors (Lipinski definition) is 2. The highest BCUT2D eigenvalue weighted by molar-refractivity contribution is 9.10. The van der Waals surface area contributed by atoms with Gasteiger partial charge in [0.1, 0.15) is 5.82 Å². The van der Waals surface area contributed by atoms with Crippen molar-refractivity contribution in [1.82, 2.24) is 10.3 Å². The molecular formula is C15H16BrN3. The maximum atomic E-state index is 4.36. The molecular weight excluding hydrogens is 302 g/mol. The zero-order chi connectivity index (χ0) is 13.2. The second-order valence-electron chi connectivity index (χ2n) is 4.85. The Bertz CT molecular complexity index is 610. The lowest BCUT2D eigenvalue weighted by atomic mass is 10.1. The van der Waals surface area contributed by atoms with Crippen LogP contribution in [0.3, 0.4) is 0 Å². The topological polar surface area (TPSA) is 37.0 Å². The number of aryl methyl sites for hydroxylation is 1. The van der Waals surface area contributed by atoms with Crippen molar-refractivity contribution in [3.8, 4) is 0 Å². The molecule has 0 saturated heterocycles. The lowest BCUT2D eigenvalue weighted by Crippen LogP contribution is -2.03. The molecule has 0 unspecified atom stereocenters. The van der Waals surface area contributed by atoms with Gasteiger partial charge in [0.15, 0.2) is 0 Å². The molecule has 3 rings (SSSR count). The Morgan fingerprint density at radius 1 is 1.26 bits per heavy atom. The fourth-order valence-electron chi connectivity index (χ4n) is 2.31. The van der Waals surface area contributed by atoms with Crippen LogP contribution >= 0.6 is 15.9 Å². The Balaban J connectivity index is 1.74. The van der Waals surface area contributed by atoms with E-state index in [1.54, 1.807) is 0 Å². The highest BCUT2D eigenvalue weighted by Gasteiger charge is 2.10. The first-order chi connectivity index (χ1) is 9.24. The van der Waals surface area contributed by atoms with Gasteiger partial charge in [0, 0.05) is 25.8 Å². The van der Waals surface area contributed by atoms with Crippen molar-refractivity contribution in [2.45, 2.75) is 26.6 Å². The van der Waals surface area contributed by atoms with E-state index in [2.05, 4.69) is 56.7 Å². The van der Waals surface area contributed by atoms with Gasteiger partial charge in [-0.1, -0.05) is 18.2 Å². The first-order valence-corrected chi connectivity index (χ1v) is 7.20. The van der Waals surface area contributed by atoms with Crippen LogP contribution in [0.25, 0.3) is 0 Å². The number of rotatable bonds is 3. The monoisotopic (exact) mass is 317 g/mol. The van der Waals surface area contributed by atoms with Crippen molar-refractivity contribution in [3.05, 3.63) is 57.2 Å². The summed E-state index contributed by atoms with van der Waals surface area (Å²) in [6.45, 7) is 4.84. The fraction of sp³-hybridized carbons (Fsp3) is 0.267. The van der Waals surface area contributed by atoms with Crippen molar-refractivity contribution in [2.24, 2.45) is 0 Å². The van der Waals surface area contributed by atoms with E-state index < -0.39 is 0 Å². The number of fused-ring (bicyclic) bond motifs is 1. The molecule has 2 heterocycles. The number of hydrogen-bond acceptors (Lipinski definition) is 3. The van der Waals surface area contributed by atoms with Crippen molar-refractivity contribution in [1.29, 1.82) is 0 Å². The number of halogens is 1. The minimum atomic E-state index is 0.794. The summed E-state index contributed by atoms with van der Waals surface area (Å²) in [5, 5.41) is 6.75. The quantitative estimate of drug-likeness (QED) is 0.911. The van der Waals surface area contributed by atoms with E-state index in [0.29, 0.717) is 0 Å². The van der Waals surface area contributed by atoms with Gasteiger partial charge in [0.2, 0.25) is 0 Å². The molecule has 19 heavy (non-hydrogen) atoms. The molecule has 98 valence electrons. The number of pyridine rings is 1. The molecule has 1 aromatic carbocycles. The summed E-state index contributed by atoms with van der Waals surface area (Å²) in [5.74, 6) is 0.902. The Morgan fingerprint density at radius 2 is 2.11 bits per heavy atom. The molecule has 2 N–H and O–H groups in total. The summed E-state index contributed by atoms with van der Waals surface area (Å²) in [7, 11) is 0. The molecule has 2 aromatic rings. The minimum absolute atomic E-state index is 0.794. The predicted octanol–water partition coefficient (Wildman–Crippen LogP) is 3.37. The zero-order valence-electron chi connectivity index (χ0n) is 10.8. The third-order valence-corrected chi connectivity index (χ3v) is 4.44. The maximum Gasteiger partial charge on any atom is 0.140 e. The fourth-order valence-corrected chi connectivity index (χ4v) is 2.68. The van der Waals surface area contributed by atoms with Gasteiger partial charge in [0.25, 0.3) is 0 Å². The first kappa shape index (κ1) is 12.6. The molecule has 0 fully saturated rings. The van der Waals surface area contributed by atoms with Gasteiger partial charge in [-0.25, -0.2) is 4.98 Å². The van der Waals surface area contributed by atoms with Crippen LogP contribution < -0.4 is 10.6 Å². The molecule has 1 aliphatic rings. The second kappa shape index (κ2) is 5.31. The van der Waals surface area contributed by atoms with Crippen LogP contribution in [0.1, 0.15) is 22.3 Å². The number of nitrogens with zero attached hydrogens (tertiary/aromatic N) is 1. The van der Waals surface area contributed by atoms with Gasteiger partial charge in [-0.15, -0.1) is 0 Å². The van der Waals surface area contributed by atoms with Crippen molar-refractivity contribution in [2.75, 3.05) is 5.32 Å². The molecule has 4 heteroatoms. The van der Waals surface area contributed by atoms with Crippen LogP contribution in [-0.2, 0) is 19.6 Å². The average molecular weight is 318 g/mol. The van der Waals surface area contributed by atoms with E-state index in [1.807, 2.05) is 12.3 Å². The van der Waals surface area contributed by atoms with E-state index in [9.17, 15) is 0 Å². The number of nitrogens with one attached hydrogen (secondary N) is 2. The lowest BCUT2D eigenvalue weighted by molar-refractivity contribution is 0.764. The Hall–Kier alpha value is -1.39. The van der Waals surface area contributed by atoms with Crippen molar-refractivity contribution >= 4 is 21.7 Å². The zero-order valence-corrected chi connectivity index (χ0v) is 12.4. The smallest absolute Gasteiger partial charge is 0.140 e. The molecule has 0 saturated carbocycles. The Labute approximate surface area is 121 Å². The summed E-state index contributed by atoms with van der Waals surface area (Å²) in [4.78, 5) is 4.36. The van der Waals surface area contributed by atoms with Crippen LogP contribution in [0, 0.1) is 6.92 Å². The van der Waals surface area contributed by atoms with Gasteiger partial charge >= 0.3 is 0 Å². The summed E-state index contributed by atoms with van der Waals surface area (Å²) < 4.78 is 1.04. The molecule has 0 aliphatic carbocycles. The molecule has 3 nitrogen and oxygen atoms in total. The minimum Gasteiger partial charge on any atom is -0.365 e. The summed E-state index contributed by atoms with van der Waals surface area (Å²) in [5.41, 5.74) is 5.31. The summed E-state index contributed by atoms with van der Waals surface area (Å²) in [6.07, 6.45) is 1.83. The largest absolute Gasteiger partial charge is 0.365 e. The maximum absolute atomic E-state index is 4.36. The second-order valence-corrected chi connectivity index (χ2v) is 5.64. The van der Waals surface area contributed by atoms with E-state index in [1.165, 1.54) is 22.3 Å². The van der Waals surface area contributed by atoms with Crippen LogP contribution in [0.15, 0.2) is 34.9 Å². The number of aromatic nitrogens is 1. The number of benzene rings is 1. The van der Waals surface area contributed by atoms with E-state index in [4.69, 9.17) is 0 Å². The molecule has 1 aromatic heterocycles. The first-order valence-electron chi connectivity index (χ1n) is 6.40. The molecule has 0 atom stereocenters. The lowest BCUT2D eigenvalue weighted by Gasteiger charge is -2.10. The molecule has 0 amide bonds. The van der Waals surface area contributed by atoms with Crippen LogP contribution in [0.4, 0.5) is 5.82 Å². The Morgan fingerprint density at radius 3 is 3.00 bits per heavy atom. The SMILES string of the molecule is Cc1ccnc(NCc2ccc3c(c2)CNC3)c1Br. The van der Waals surface area contributed by atoms with Crippen molar-refractivity contribution < 1.29 is 0 Å². The van der Waals surface area contributed by atoms with Crippen LogP contribution in [-0.4, -0.2) is 4.98 Å². The predicted molar refractivity (Wildman–Crippen MR) is 81.0 cm³/mol. The van der Waals surface area contributed by atoms with Gasteiger partial charge in [-0.3, -0.25) is 0 Å². The van der Waals surface area contributed by atoms with Crippen molar-refractivity contribution in [3.63, 3.8) is 0 Å². The highest BCUT2D eigenvalue weighted by Crippen LogP contribution is 2.24. The van der Waals surface area contributed by atoms with Gasteiger partial charge in [-0.05, 0) is 51.2 Å².